The first-order chi connectivity index (χ1) is 10.4. The molecule has 2 rings (SSSR count). The van der Waals surface area contributed by atoms with Crippen molar-refractivity contribution in [3.8, 4) is 0 Å². The molecule has 1 aliphatic rings. The lowest BCUT2D eigenvalue weighted by atomic mass is 9.86. The Balaban J connectivity index is 2.36. The fourth-order valence-electron chi connectivity index (χ4n) is 3.10. The molecule has 1 unspecified atom stereocenters. The van der Waals surface area contributed by atoms with E-state index < -0.39 is 11.6 Å². The van der Waals surface area contributed by atoms with Crippen LogP contribution in [-0.4, -0.2) is 29.4 Å². The second kappa shape index (κ2) is 6.73. The van der Waals surface area contributed by atoms with Gasteiger partial charge in [-0.3, -0.25) is 9.69 Å². The van der Waals surface area contributed by atoms with Crippen molar-refractivity contribution in [2.75, 3.05) is 13.1 Å². The van der Waals surface area contributed by atoms with Gasteiger partial charge in [-0.15, -0.1) is 0 Å². The monoisotopic (exact) mass is 310 g/mol. The van der Waals surface area contributed by atoms with Gasteiger partial charge in [0.25, 0.3) is 0 Å². The quantitative estimate of drug-likeness (QED) is 0.904. The molecule has 1 aliphatic heterocycles. The molecule has 1 aromatic carbocycles. The van der Waals surface area contributed by atoms with Crippen molar-refractivity contribution in [2.45, 2.75) is 51.6 Å². The minimum Gasteiger partial charge on any atom is -0.347 e. The highest BCUT2D eigenvalue weighted by atomic mass is 19.2. The average molecular weight is 310 g/mol. The van der Waals surface area contributed by atoms with Crippen molar-refractivity contribution in [1.29, 1.82) is 0 Å². The first-order valence-electron chi connectivity index (χ1n) is 7.85. The molecule has 1 aromatic rings. The number of nitrogens with one attached hydrogen (secondary N) is 1. The lowest BCUT2D eigenvalue weighted by Crippen LogP contribution is -2.52. The molecule has 1 atom stereocenters. The van der Waals surface area contributed by atoms with Crippen LogP contribution in [0.5, 0.6) is 0 Å². The molecule has 1 fully saturated rings. The molecule has 1 N–H and O–H groups in total. The van der Waals surface area contributed by atoms with Crippen LogP contribution >= 0.6 is 0 Å². The summed E-state index contributed by atoms with van der Waals surface area (Å²) >= 11 is 0. The van der Waals surface area contributed by atoms with Crippen molar-refractivity contribution in [1.82, 2.24) is 10.2 Å². The van der Waals surface area contributed by atoms with E-state index in [-0.39, 0.29) is 17.5 Å². The molecule has 1 amide bonds. The maximum atomic E-state index is 13.6. The van der Waals surface area contributed by atoms with Gasteiger partial charge in [0.2, 0.25) is 5.91 Å². The summed E-state index contributed by atoms with van der Waals surface area (Å²) in [6.07, 6.45) is 2.60. The summed E-state index contributed by atoms with van der Waals surface area (Å²) in [7, 11) is 0. The Morgan fingerprint density at radius 2 is 1.91 bits per heavy atom. The van der Waals surface area contributed by atoms with Crippen molar-refractivity contribution >= 4 is 5.91 Å². The van der Waals surface area contributed by atoms with Crippen LogP contribution in [0.2, 0.25) is 0 Å². The van der Waals surface area contributed by atoms with E-state index in [1.165, 1.54) is 6.07 Å². The Morgan fingerprint density at radius 3 is 2.45 bits per heavy atom. The highest BCUT2D eigenvalue weighted by Crippen LogP contribution is 2.34. The van der Waals surface area contributed by atoms with Gasteiger partial charge in [0.05, 0.1) is 6.04 Å². The van der Waals surface area contributed by atoms with Gasteiger partial charge in [0.1, 0.15) is 0 Å². The molecule has 1 saturated heterocycles. The van der Waals surface area contributed by atoms with Crippen molar-refractivity contribution in [2.24, 2.45) is 0 Å². The van der Waals surface area contributed by atoms with Crippen molar-refractivity contribution in [3.63, 3.8) is 0 Å². The number of nitrogens with zero attached hydrogens (tertiary/aromatic N) is 1. The highest BCUT2D eigenvalue weighted by Gasteiger charge is 2.38. The van der Waals surface area contributed by atoms with E-state index in [0.29, 0.717) is 12.0 Å². The van der Waals surface area contributed by atoms with Crippen LogP contribution in [-0.2, 0) is 4.79 Å². The first kappa shape index (κ1) is 16.9. The van der Waals surface area contributed by atoms with E-state index in [1.54, 1.807) is 13.0 Å². The van der Waals surface area contributed by atoms with Crippen LogP contribution < -0.4 is 5.32 Å². The number of likely N-dealkylation sites (tertiary alicyclic amines) is 1. The van der Waals surface area contributed by atoms with Crippen LogP contribution in [0.1, 0.15) is 51.6 Å². The van der Waals surface area contributed by atoms with Gasteiger partial charge in [-0.2, -0.15) is 0 Å². The minimum absolute atomic E-state index is 0.0954. The molecular formula is C17H24F2N2O. The van der Waals surface area contributed by atoms with E-state index in [4.69, 9.17) is 0 Å². The Bertz CT molecular complexity index is 539. The molecule has 1 heterocycles. The van der Waals surface area contributed by atoms with Gasteiger partial charge in [-0.25, -0.2) is 8.78 Å². The topological polar surface area (TPSA) is 32.3 Å². The first-order valence-corrected chi connectivity index (χ1v) is 7.85. The third-order valence-electron chi connectivity index (χ3n) is 4.53. The molecular weight excluding hydrogens is 286 g/mol. The molecule has 0 aliphatic carbocycles. The summed E-state index contributed by atoms with van der Waals surface area (Å²) in [6.45, 7) is 7.77. The predicted octanol–water partition coefficient (Wildman–Crippen LogP) is 3.41. The number of hydrogen-bond donors (Lipinski definition) is 1. The number of benzene rings is 1. The predicted molar refractivity (Wildman–Crippen MR) is 82.4 cm³/mol. The third kappa shape index (κ3) is 3.46. The van der Waals surface area contributed by atoms with Gasteiger partial charge in [-0.05, 0) is 57.5 Å². The number of rotatable bonds is 5. The zero-order valence-electron chi connectivity index (χ0n) is 13.5. The molecule has 122 valence electrons. The Kier molecular flexibility index (Phi) is 5.16. The zero-order valence-corrected chi connectivity index (χ0v) is 13.5. The van der Waals surface area contributed by atoms with Gasteiger partial charge in [0, 0.05) is 12.0 Å². The number of carbonyl (C=O) groups is 1. The lowest BCUT2D eigenvalue weighted by Gasteiger charge is -2.42. The summed E-state index contributed by atoms with van der Waals surface area (Å²) in [6, 6.07) is 3.48. The van der Waals surface area contributed by atoms with Crippen molar-refractivity contribution in [3.05, 3.63) is 35.4 Å². The summed E-state index contributed by atoms with van der Waals surface area (Å²) in [5.74, 6) is -1.85. The Morgan fingerprint density at radius 1 is 1.27 bits per heavy atom. The van der Waals surface area contributed by atoms with Crippen LogP contribution in [0.3, 0.4) is 0 Å². The molecule has 0 radical (unpaired) electrons. The average Bonchev–Trinajstić information content (AvgIpc) is 3.02. The summed E-state index contributed by atoms with van der Waals surface area (Å²) in [4.78, 5) is 14.2. The van der Waals surface area contributed by atoms with E-state index in [2.05, 4.69) is 10.2 Å². The SMILES string of the molecule is CCC(=O)NC(c1ccc(F)c(F)c1)C(C)(C)N1CCCC1. The highest BCUT2D eigenvalue weighted by molar-refractivity contribution is 5.76. The smallest absolute Gasteiger partial charge is 0.220 e. The van der Waals surface area contributed by atoms with Gasteiger partial charge in [0.15, 0.2) is 11.6 Å². The maximum Gasteiger partial charge on any atom is 0.220 e. The molecule has 0 spiro atoms. The second-order valence-electron chi connectivity index (χ2n) is 6.38. The largest absolute Gasteiger partial charge is 0.347 e. The Hall–Kier alpha value is -1.49. The van der Waals surface area contributed by atoms with Crippen molar-refractivity contribution < 1.29 is 13.6 Å². The van der Waals surface area contributed by atoms with Crippen LogP contribution in [0.4, 0.5) is 8.78 Å². The van der Waals surface area contributed by atoms with Gasteiger partial charge >= 0.3 is 0 Å². The number of amides is 1. The van der Waals surface area contributed by atoms with Crippen LogP contribution in [0, 0.1) is 11.6 Å². The number of carbonyl (C=O) groups excluding carboxylic acids is 1. The maximum absolute atomic E-state index is 13.6. The molecule has 0 aromatic heterocycles. The van der Waals surface area contributed by atoms with E-state index in [1.807, 2.05) is 13.8 Å². The van der Waals surface area contributed by atoms with Gasteiger partial charge < -0.3 is 5.32 Å². The number of halogens is 2. The zero-order chi connectivity index (χ0) is 16.3. The fraction of sp³-hybridized carbons (Fsp3) is 0.588. The van der Waals surface area contributed by atoms with E-state index in [9.17, 15) is 13.6 Å². The van der Waals surface area contributed by atoms with E-state index in [0.717, 1.165) is 32.0 Å². The molecule has 22 heavy (non-hydrogen) atoms. The normalized spacial score (nSPS) is 17.5. The van der Waals surface area contributed by atoms with Gasteiger partial charge in [-0.1, -0.05) is 13.0 Å². The second-order valence-corrected chi connectivity index (χ2v) is 6.38. The molecule has 5 heteroatoms. The summed E-state index contributed by atoms with van der Waals surface area (Å²) < 4.78 is 26.8. The lowest BCUT2D eigenvalue weighted by molar-refractivity contribution is -0.122. The molecule has 0 saturated carbocycles. The standard InChI is InChI=1S/C17H24F2N2O/c1-4-15(22)20-16(12-7-8-13(18)14(19)11-12)17(2,3)21-9-5-6-10-21/h7-8,11,16H,4-6,9-10H2,1-3H3,(H,20,22). The Labute approximate surface area is 130 Å². The fourth-order valence-corrected chi connectivity index (χ4v) is 3.10. The van der Waals surface area contributed by atoms with Crippen LogP contribution in [0.25, 0.3) is 0 Å². The molecule has 3 nitrogen and oxygen atoms in total. The van der Waals surface area contributed by atoms with E-state index >= 15 is 0 Å². The minimum atomic E-state index is -0.884. The summed E-state index contributed by atoms with van der Waals surface area (Å²) in [5.41, 5.74) is 0.226. The summed E-state index contributed by atoms with van der Waals surface area (Å²) in [5, 5.41) is 2.98. The van der Waals surface area contributed by atoms with Crippen LogP contribution in [0.15, 0.2) is 18.2 Å². The third-order valence-corrected chi connectivity index (χ3v) is 4.53. The number of hydrogen-bond acceptors (Lipinski definition) is 2. The molecule has 0 bridgehead atoms.